The molecule has 0 fully saturated rings. The molecule has 1 N–H and O–H groups in total. The summed E-state index contributed by atoms with van der Waals surface area (Å²) < 4.78 is 3.08. The molecule has 0 spiro atoms. The van der Waals surface area contributed by atoms with Crippen LogP contribution in [0.5, 0.6) is 0 Å². The zero-order valence-electron chi connectivity index (χ0n) is 8.03. The molecule has 0 bridgehead atoms. The van der Waals surface area contributed by atoms with Crippen LogP contribution in [0.4, 0.5) is 0 Å². The van der Waals surface area contributed by atoms with Crippen LogP contribution in [0, 0.1) is 0 Å². The van der Waals surface area contributed by atoms with Gasteiger partial charge in [0.15, 0.2) is 5.82 Å². The molecule has 0 amide bonds. The Morgan fingerprint density at radius 3 is 3.00 bits per heavy atom. The standard InChI is InChI=1S/C8H9N5O2/c1-12-5-9-11-7(12)4-13-6(8(14)15)2-3-10-13/h2-3,5H,4H2,1H3,(H,14,15). The monoisotopic (exact) mass is 207 g/mol. The lowest BCUT2D eigenvalue weighted by Crippen LogP contribution is -2.13. The molecule has 2 rings (SSSR count). The van der Waals surface area contributed by atoms with Gasteiger partial charge in [-0.25, -0.2) is 4.79 Å². The Labute approximate surface area is 85.0 Å². The lowest BCUT2D eigenvalue weighted by atomic mass is 10.4. The molecule has 0 aliphatic carbocycles. The Hall–Kier alpha value is -2.18. The number of nitrogens with zero attached hydrogens (tertiary/aromatic N) is 5. The highest BCUT2D eigenvalue weighted by Gasteiger charge is 2.11. The van der Waals surface area contributed by atoms with E-state index in [4.69, 9.17) is 5.11 Å². The summed E-state index contributed by atoms with van der Waals surface area (Å²) >= 11 is 0. The molecular weight excluding hydrogens is 198 g/mol. The summed E-state index contributed by atoms with van der Waals surface area (Å²) in [4.78, 5) is 10.8. The van der Waals surface area contributed by atoms with Gasteiger partial charge in [-0.3, -0.25) is 4.68 Å². The number of hydrogen-bond acceptors (Lipinski definition) is 4. The number of aromatic carboxylic acids is 1. The topological polar surface area (TPSA) is 85.8 Å². The minimum absolute atomic E-state index is 0.137. The van der Waals surface area contributed by atoms with E-state index in [1.54, 1.807) is 17.9 Å². The summed E-state index contributed by atoms with van der Waals surface area (Å²) in [6.07, 6.45) is 3.00. The van der Waals surface area contributed by atoms with Gasteiger partial charge in [-0.05, 0) is 6.07 Å². The molecule has 0 atom stereocenters. The second-order valence-corrected chi connectivity index (χ2v) is 3.04. The van der Waals surface area contributed by atoms with Crippen molar-refractivity contribution in [2.75, 3.05) is 0 Å². The predicted molar refractivity (Wildman–Crippen MR) is 49.3 cm³/mol. The molecule has 15 heavy (non-hydrogen) atoms. The zero-order chi connectivity index (χ0) is 10.8. The molecule has 0 radical (unpaired) electrons. The first-order valence-electron chi connectivity index (χ1n) is 4.26. The maximum atomic E-state index is 10.8. The number of aromatic nitrogens is 5. The summed E-state index contributed by atoms with van der Waals surface area (Å²) in [6.45, 7) is 0.297. The van der Waals surface area contributed by atoms with Crippen LogP contribution in [0.3, 0.4) is 0 Å². The molecule has 0 aromatic carbocycles. The van der Waals surface area contributed by atoms with Crippen molar-refractivity contribution in [1.82, 2.24) is 24.5 Å². The van der Waals surface area contributed by atoms with Gasteiger partial charge < -0.3 is 9.67 Å². The van der Waals surface area contributed by atoms with Gasteiger partial charge in [-0.15, -0.1) is 10.2 Å². The van der Waals surface area contributed by atoms with Crippen molar-refractivity contribution in [3.63, 3.8) is 0 Å². The molecule has 2 aromatic rings. The van der Waals surface area contributed by atoms with Crippen LogP contribution in [0.2, 0.25) is 0 Å². The van der Waals surface area contributed by atoms with E-state index in [0.29, 0.717) is 12.4 Å². The zero-order valence-corrected chi connectivity index (χ0v) is 8.03. The minimum atomic E-state index is -1.00. The van der Waals surface area contributed by atoms with Crippen LogP contribution in [-0.2, 0) is 13.6 Å². The van der Waals surface area contributed by atoms with E-state index in [-0.39, 0.29) is 5.69 Å². The van der Waals surface area contributed by atoms with Gasteiger partial charge in [0, 0.05) is 13.2 Å². The molecule has 0 aliphatic rings. The smallest absolute Gasteiger partial charge is 0.354 e. The SMILES string of the molecule is Cn1cnnc1Cn1nccc1C(=O)O. The fourth-order valence-corrected chi connectivity index (χ4v) is 1.22. The van der Waals surface area contributed by atoms with Crippen LogP contribution < -0.4 is 0 Å². The molecule has 0 saturated carbocycles. The van der Waals surface area contributed by atoms with Crippen molar-refractivity contribution in [1.29, 1.82) is 0 Å². The second-order valence-electron chi connectivity index (χ2n) is 3.04. The van der Waals surface area contributed by atoms with Crippen molar-refractivity contribution < 1.29 is 9.90 Å². The number of rotatable bonds is 3. The summed E-state index contributed by atoms with van der Waals surface area (Å²) in [5.74, 6) is -0.351. The number of carboxylic acids is 1. The molecule has 78 valence electrons. The Morgan fingerprint density at radius 2 is 2.40 bits per heavy atom. The summed E-state index contributed by atoms with van der Waals surface area (Å²) in [6, 6.07) is 1.44. The third-order valence-electron chi connectivity index (χ3n) is 2.03. The van der Waals surface area contributed by atoms with Crippen molar-refractivity contribution in [3.05, 3.63) is 30.1 Å². The molecular formula is C8H9N5O2. The van der Waals surface area contributed by atoms with Crippen molar-refractivity contribution in [3.8, 4) is 0 Å². The minimum Gasteiger partial charge on any atom is -0.477 e. The molecule has 0 unspecified atom stereocenters. The lowest BCUT2D eigenvalue weighted by Gasteiger charge is -2.03. The summed E-state index contributed by atoms with van der Waals surface area (Å²) in [5.41, 5.74) is 0.137. The maximum absolute atomic E-state index is 10.8. The van der Waals surface area contributed by atoms with E-state index in [1.807, 2.05) is 0 Å². The summed E-state index contributed by atoms with van der Waals surface area (Å²) in [7, 11) is 1.79. The van der Waals surface area contributed by atoms with Crippen molar-refractivity contribution in [2.24, 2.45) is 7.05 Å². The van der Waals surface area contributed by atoms with Gasteiger partial charge in [0.05, 0.1) is 0 Å². The van der Waals surface area contributed by atoms with Gasteiger partial charge in [-0.2, -0.15) is 5.10 Å². The quantitative estimate of drug-likeness (QED) is 0.750. The first-order valence-corrected chi connectivity index (χ1v) is 4.26. The predicted octanol–water partition coefficient (Wildman–Crippen LogP) is -0.242. The highest BCUT2D eigenvalue weighted by molar-refractivity contribution is 5.85. The van der Waals surface area contributed by atoms with Gasteiger partial charge in [0.25, 0.3) is 0 Å². The average molecular weight is 207 g/mol. The van der Waals surface area contributed by atoms with Gasteiger partial charge in [0.2, 0.25) is 0 Å². The van der Waals surface area contributed by atoms with Crippen LogP contribution in [-0.4, -0.2) is 35.6 Å². The Kier molecular flexibility index (Phi) is 2.20. The first-order chi connectivity index (χ1) is 7.18. The average Bonchev–Trinajstić information content (AvgIpc) is 2.77. The van der Waals surface area contributed by atoms with Crippen LogP contribution in [0.25, 0.3) is 0 Å². The summed E-state index contributed by atoms with van der Waals surface area (Å²) in [5, 5.41) is 20.3. The Balaban J connectivity index is 2.28. The molecule has 2 aromatic heterocycles. The molecule has 0 saturated heterocycles. The maximum Gasteiger partial charge on any atom is 0.354 e. The Morgan fingerprint density at radius 1 is 1.60 bits per heavy atom. The fraction of sp³-hybridized carbons (Fsp3) is 0.250. The molecule has 7 nitrogen and oxygen atoms in total. The largest absolute Gasteiger partial charge is 0.477 e. The lowest BCUT2D eigenvalue weighted by molar-refractivity contribution is 0.0684. The first kappa shape index (κ1) is 9.38. The third-order valence-corrected chi connectivity index (χ3v) is 2.03. The number of carbonyl (C=O) groups is 1. The van der Waals surface area contributed by atoms with E-state index in [2.05, 4.69) is 15.3 Å². The third kappa shape index (κ3) is 1.71. The van der Waals surface area contributed by atoms with E-state index in [1.165, 1.54) is 16.9 Å². The van der Waals surface area contributed by atoms with Crippen LogP contribution in [0.15, 0.2) is 18.6 Å². The van der Waals surface area contributed by atoms with E-state index >= 15 is 0 Å². The van der Waals surface area contributed by atoms with Crippen LogP contribution >= 0.6 is 0 Å². The van der Waals surface area contributed by atoms with E-state index in [0.717, 1.165) is 0 Å². The highest BCUT2D eigenvalue weighted by Crippen LogP contribution is 2.02. The van der Waals surface area contributed by atoms with Crippen molar-refractivity contribution in [2.45, 2.75) is 6.54 Å². The highest BCUT2D eigenvalue weighted by atomic mass is 16.4. The number of aryl methyl sites for hydroxylation is 1. The molecule has 2 heterocycles. The van der Waals surface area contributed by atoms with Gasteiger partial charge in [0.1, 0.15) is 18.6 Å². The number of carboxylic acid groups (broad SMARTS) is 1. The van der Waals surface area contributed by atoms with Crippen molar-refractivity contribution >= 4 is 5.97 Å². The number of hydrogen-bond donors (Lipinski definition) is 1. The van der Waals surface area contributed by atoms with E-state index < -0.39 is 5.97 Å². The Bertz CT molecular complexity index is 487. The van der Waals surface area contributed by atoms with E-state index in [9.17, 15) is 4.79 Å². The fourth-order valence-electron chi connectivity index (χ4n) is 1.22. The normalized spacial score (nSPS) is 10.5. The second kappa shape index (κ2) is 3.52. The molecule has 0 aliphatic heterocycles. The van der Waals surface area contributed by atoms with Gasteiger partial charge in [-0.1, -0.05) is 0 Å². The molecule has 7 heteroatoms. The van der Waals surface area contributed by atoms with Crippen LogP contribution in [0.1, 0.15) is 16.3 Å². The van der Waals surface area contributed by atoms with Gasteiger partial charge >= 0.3 is 5.97 Å².